The molecule has 0 amide bonds. The van der Waals surface area contributed by atoms with Gasteiger partial charge in [0, 0.05) is 6.92 Å². The molecule has 0 unspecified atom stereocenters. The predicted octanol–water partition coefficient (Wildman–Crippen LogP) is 2.55. The minimum atomic E-state index is -0.514. The quantitative estimate of drug-likeness (QED) is 0.633. The molecular formula is C11H11BrO4. The molecule has 0 bridgehead atoms. The molecule has 0 aliphatic carbocycles. The Labute approximate surface area is 102 Å². The minimum Gasteiger partial charge on any atom is -0.462 e. The number of carbonyl (C=O) groups excluding carboxylic acids is 2. The molecule has 0 aliphatic rings. The number of ether oxygens (including phenoxy) is 2. The van der Waals surface area contributed by atoms with E-state index in [1.54, 1.807) is 25.1 Å². The summed E-state index contributed by atoms with van der Waals surface area (Å²) in [4.78, 5) is 22.5. The van der Waals surface area contributed by atoms with Gasteiger partial charge >= 0.3 is 11.9 Å². The first-order valence-electron chi connectivity index (χ1n) is 4.70. The van der Waals surface area contributed by atoms with E-state index in [-0.39, 0.29) is 17.9 Å². The van der Waals surface area contributed by atoms with Gasteiger partial charge in [0.1, 0.15) is 5.56 Å². The zero-order valence-electron chi connectivity index (χ0n) is 8.95. The van der Waals surface area contributed by atoms with Crippen LogP contribution in [0.5, 0.6) is 5.75 Å². The van der Waals surface area contributed by atoms with Gasteiger partial charge in [-0.3, -0.25) is 4.79 Å². The second-order valence-corrected chi connectivity index (χ2v) is 3.78. The van der Waals surface area contributed by atoms with Gasteiger partial charge in [-0.2, -0.15) is 0 Å². The van der Waals surface area contributed by atoms with E-state index < -0.39 is 11.9 Å². The maximum absolute atomic E-state index is 11.6. The molecule has 86 valence electrons. The van der Waals surface area contributed by atoms with Gasteiger partial charge in [-0.1, -0.05) is 6.07 Å². The van der Waals surface area contributed by atoms with Gasteiger partial charge in [-0.25, -0.2) is 4.79 Å². The number of esters is 2. The van der Waals surface area contributed by atoms with Gasteiger partial charge in [-0.15, -0.1) is 0 Å². The SMILES string of the molecule is CCOC(=O)c1cccc(Br)c1OC(C)=O. The van der Waals surface area contributed by atoms with Crippen LogP contribution in [0.25, 0.3) is 0 Å². The Balaban J connectivity index is 3.11. The standard InChI is InChI=1S/C11H11BrO4/c1-3-15-11(14)8-5-4-6-9(12)10(8)16-7(2)13/h4-6H,3H2,1-2H3. The zero-order chi connectivity index (χ0) is 12.1. The monoisotopic (exact) mass is 286 g/mol. The second-order valence-electron chi connectivity index (χ2n) is 2.93. The van der Waals surface area contributed by atoms with Crippen molar-refractivity contribution in [3.05, 3.63) is 28.2 Å². The molecular weight excluding hydrogens is 276 g/mol. The second kappa shape index (κ2) is 5.65. The summed E-state index contributed by atoms with van der Waals surface area (Å²) in [5.74, 6) is -0.814. The largest absolute Gasteiger partial charge is 0.462 e. The van der Waals surface area contributed by atoms with Crippen molar-refractivity contribution in [1.29, 1.82) is 0 Å². The van der Waals surface area contributed by atoms with Crippen LogP contribution in [0, 0.1) is 0 Å². The zero-order valence-corrected chi connectivity index (χ0v) is 10.5. The number of hydrogen-bond donors (Lipinski definition) is 0. The highest BCUT2D eigenvalue weighted by molar-refractivity contribution is 9.10. The van der Waals surface area contributed by atoms with E-state index in [4.69, 9.17) is 9.47 Å². The van der Waals surface area contributed by atoms with E-state index in [0.29, 0.717) is 4.47 Å². The van der Waals surface area contributed by atoms with Crippen molar-refractivity contribution in [2.45, 2.75) is 13.8 Å². The Morgan fingerprint density at radius 3 is 2.62 bits per heavy atom. The van der Waals surface area contributed by atoms with Gasteiger partial charge in [0.05, 0.1) is 11.1 Å². The molecule has 0 aromatic heterocycles. The lowest BCUT2D eigenvalue weighted by molar-refractivity contribution is -0.131. The first kappa shape index (κ1) is 12.7. The Hall–Kier alpha value is -1.36. The predicted molar refractivity (Wildman–Crippen MR) is 61.4 cm³/mol. The fraction of sp³-hybridized carbons (Fsp3) is 0.273. The van der Waals surface area contributed by atoms with E-state index in [1.165, 1.54) is 6.92 Å². The Bertz CT molecular complexity index is 414. The van der Waals surface area contributed by atoms with Gasteiger partial charge in [0.25, 0.3) is 0 Å². The molecule has 1 aromatic carbocycles. The Morgan fingerprint density at radius 2 is 2.06 bits per heavy atom. The van der Waals surface area contributed by atoms with Crippen molar-refractivity contribution in [3.8, 4) is 5.75 Å². The summed E-state index contributed by atoms with van der Waals surface area (Å²) in [7, 11) is 0. The van der Waals surface area contributed by atoms with E-state index in [2.05, 4.69) is 15.9 Å². The van der Waals surface area contributed by atoms with Crippen LogP contribution >= 0.6 is 15.9 Å². The number of hydrogen-bond acceptors (Lipinski definition) is 4. The summed E-state index contributed by atoms with van der Waals surface area (Å²) in [6, 6.07) is 4.89. The molecule has 0 fully saturated rings. The van der Waals surface area contributed by atoms with Crippen molar-refractivity contribution in [2.24, 2.45) is 0 Å². The molecule has 0 atom stereocenters. The van der Waals surface area contributed by atoms with Crippen LogP contribution in [0.3, 0.4) is 0 Å². The highest BCUT2D eigenvalue weighted by atomic mass is 79.9. The average molecular weight is 287 g/mol. The van der Waals surface area contributed by atoms with Gasteiger partial charge in [0.15, 0.2) is 5.75 Å². The van der Waals surface area contributed by atoms with Crippen LogP contribution in [0.2, 0.25) is 0 Å². The van der Waals surface area contributed by atoms with Crippen LogP contribution in [-0.4, -0.2) is 18.5 Å². The molecule has 5 heteroatoms. The number of carbonyl (C=O) groups is 2. The maximum atomic E-state index is 11.6. The van der Waals surface area contributed by atoms with Gasteiger partial charge < -0.3 is 9.47 Å². The van der Waals surface area contributed by atoms with Crippen LogP contribution in [0.15, 0.2) is 22.7 Å². The highest BCUT2D eigenvalue weighted by Crippen LogP contribution is 2.29. The Morgan fingerprint density at radius 1 is 1.38 bits per heavy atom. The summed E-state index contributed by atoms with van der Waals surface area (Å²) in [6.07, 6.45) is 0. The van der Waals surface area contributed by atoms with Crippen LogP contribution in [-0.2, 0) is 9.53 Å². The van der Waals surface area contributed by atoms with E-state index in [0.717, 1.165) is 0 Å². The minimum absolute atomic E-state index is 0.188. The summed E-state index contributed by atoms with van der Waals surface area (Å²) >= 11 is 3.21. The third-order valence-electron chi connectivity index (χ3n) is 1.71. The summed E-state index contributed by atoms with van der Waals surface area (Å²) in [5, 5.41) is 0. The molecule has 4 nitrogen and oxygen atoms in total. The highest BCUT2D eigenvalue weighted by Gasteiger charge is 2.17. The van der Waals surface area contributed by atoms with E-state index in [1.807, 2.05) is 0 Å². The van der Waals surface area contributed by atoms with Crippen LogP contribution < -0.4 is 4.74 Å². The smallest absolute Gasteiger partial charge is 0.341 e. The van der Waals surface area contributed by atoms with Crippen molar-refractivity contribution in [2.75, 3.05) is 6.61 Å². The number of rotatable bonds is 3. The average Bonchev–Trinajstić information content (AvgIpc) is 2.20. The molecule has 0 saturated carbocycles. The lowest BCUT2D eigenvalue weighted by Crippen LogP contribution is -2.10. The lowest BCUT2D eigenvalue weighted by atomic mass is 10.2. The van der Waals surface area contributed by atoms with Crippen LogP contribution in [0.4, 0.5) is 0 Å². The lowest BCUT2D eigenvalue weighted by Gasteiger charge is -2.09. The number of halogens is 1. The molecule has 0 heterocycles. The molecule has 0 saturated heterocycles. The molecule has 0 radical (unpaired) electrons. The van der Waals surface area contributed by atoms with Crippen molar-refractivity contribution >= 4 is 27.9 Å². The number of para-hydroxylation sites is 1. The summed E-state index contributed by atoms with van der Waals surface area (Å²) in [5.41, 5.74) is 0.228. The Kier molecular flexibility index (Phi) is 4.49. The summed E-state index contributed by atoms with van der Waals surface area (Å²) in [6.45, 7) is 3.25. The third kappa shape index (κ3) is 3.06. The molecule has 0 N–H and O–H groups in total. The van der Waals surface area contributed by atoms with Crippen LogP contribution in [0.1, 0.15) is 24.2 Å². The van der Waals surface area contributed by atoms with Crippen molar-refractivity contribution in [1.82, 2.24) is 0 Å². The van der Waals surface area contributed by atoms with Gasteiger partial charge in [-0.05, 0) is 35.0 Å². The normalized spacial score (nSPS) is 9.69. The van der Waals surface area contributed by atoms with E-state index >= 15 is 0 Å². The van der Waals surface area contributed by atoms with Crippen molar-refractivity contribution < 1.29 is 19.1 Å². The first-order chi connectivity index (χ1) is 7.56. The summed E-state index contributed by atoms with van der Waals surface area (Å²) < 4.78 is 10.3. The van der Waals surface area contributed by atoms with Gasteiger partial charge in [0.2, 0.25) is 0 Å². The molecule has 16 heavy (non-hydrogen) atoms. The van der Waals surface area contributed by atoms with Crippen molar-refractivity contribution in [3.63, 3.8) is 0 Å². The first-order valence-corrected chi connectivity index (χ1v) is 5.49. The maximum Gasteiger partial charge on any atom is 0.341 e. The topological polar surface area (TPSA) is 52.6 Å². The number of benzene rings is 1. The molecule has 1 rings (SSSR count). The molecule has 0 aliphatic heterocycles. The molecule has 1 aromatic rings. The van der Waals surface area contributed by atoms with E-state index in [9.17, 15) is 9.59 Å². The fourth-order valence-electron chi connectivity index (χ4n) is 1.13. The third-order valence-corrected chi connectivity index (χ3v) is 2.33. The molecule has 0 spiro atoms. The fourth-order valence-corrected chi connectivity index (χ4v) is 1.57.